The van der Waals surface area contributed by atoms with Crippen molar-refractivity contribution < 1.29 is 0 Å². The lowest BCUT2D eigenvalue weighted by Crippen LogP contribution is -1.97. The van der Waals surface area contributed by atoms with Crippen LogP contribution in [-0.2, 0) is 0 Å². The number of anilines is 1. The number of thiazole rings is 1. The van der Waals surface area contributed by atoms with E-state index in [9.17, 15) is 0 Å². The molecule has 66 valence electrons. The van der Waals surface area contributed by atoms with Gasteiger partial charge in [0.05, 0.1) is 5.56 Å². The normalized spacial score (nSPS) is 10.2. The van der Waals surface area contributed by atoms with Gasteiger partial charge in [-0.2, -0.15) is 0 Å². The summed E-state index contributed by atoms with van der Waals surface area (Å²) in [5.74, 6) is 1.17. The Hall–Kier alpha value is -1.49. The topological polar surface area (TPSA) is 64.7 Å². The van der Waals surface area contributed by atoms with Crippen LogP contribution < -0.4 is 5.73 Å². The van der Waals surface area contributed by atoms with E-state index in [2.05, 4.69) is 15.0 Å². The van der Waals surface area contributed by atoms with Crippen LogP contribution in [0.2, 0.25) is 0 Å². The van der Waals surface area contributed by atoms with Gasteiger partial charge in [-0.05, 0) is 6.92 Å². The molecular weight excluding hydrogens is 184 g/mol. The van der Waals surface area contributed by atoms with E-state index in [0.717, 1.165) is 10.6 Å². The van der Waals surface area contributed by atoms with E-state index < -0.39 is 0 Å². The second-order valence-electron chi connectivity index (χ2n) is 2.55. The smallest absolute Gasteiger partial charge is 0.137 e. The van der Waals surface area contributed by atoms with Crippen LogP contribution >= 0.6 is 11.3 Å². The van der Waals surface area contributed by atoms with Crippen LogP contribution in [0.15, 0.2) is 17.8 Å². The van der Waals surface area contributed by atoms with Gasteiger partial charge in [-0.15, -0.1) is 11.3 Å². The fourth-order valence-electron chi connectivity index (χ4n) is 1.01. The molecule has 0 aliphatic rings. The van der Waals surface area contributed by atoms with E-state index in [-0.39, 0.29) is 0 Å². The number of hydrogen-bond donors (Lipinski definition) is 1. The van der Waals surface area contributed by atoms with Crippen molar-refractivity contribution in [2.45, 2.75) is 6.92 Å². The lowest BCUT2D eigenvalue weighted by atomic mass is 10.3. The lowest BCUT2D eigenvalue weighted by Gasteiger charge is -2.00. The van der Waals surface area contributed by atoms with Gasteiger partial charge in [0.2, 0.25) is 0 Å². The molecule has 2 aromatic heterocycles. The molecule has 2 heterocycles. The van der Waals surface area contributed by atoms with Crippen molar-refractivity contribution in [2.75, 3.05) is 5.73 Å². The van der Waals surface area contributed by atoms with Crippen LogP contribution in [0, 0.1) is 6.92 Å². The van der Waals surface area contributed by atoms with Gasteiger partial charge in [0, 0.05) is 17.8 Å². The molecule has 0 aliphatic carbocycles. The maximum atomic E-state index is 5.73. The SMILES string of the molecule is Cc1ncc(-c2nccs2)c(N)n1. The molecular formula is C8H8N4S. The molecule has 0 saturated heterocycles. The first kappa shape index (κ1) is 8.12. The fraction of sp³-hybridized carbons (Fsp3) is 0.125. The van der Waals surface area contributed by atoms with Gasteiger partial charge < -0.3 is 5.73 Å². The van der Waals surface area contributed by atoms with Crippen LogP contribution in [-0.4, -0.2) is 15.0 Å². The highest BCUT2D eigenvalue weighted by Crippen LogP contribution is 2.24. The van der Waals surface area contributed by atoms with E-state index >= 15 is 0 Å². The molecule has 0 unspecified atom stereocenters. The second-order valence-corrected chi connectivity index (χ2v) is 3.45. The molecule has 2 aromatic rings. The summed E-state index contributed by atoms with van der Waals surface area (Å²) in [6, 6.07) is 0. The Labute approximate surface area is 79.5 Å². The number of rotatable bonds is 1. The summed E-state index contributed by atoms with van der Waals surface area (Å²) >= 11 is 1.52. The Bertz CT molecular complexity index is 410. The van der Waals surface area contributed by atoms with Crippen molar-refractivity contribution in [1.29, 1.82) is 0 Å². The van der Waals surface area contributed by atoms with E-state index in [0.29, 0.717) is 11.6 Å². The monoisotopic (exact) mass is 192 g/mol. The molecule has 0 fully saturated rings. The number of hydrogen-bond acceptors (Lipinski definition) is 5. The number of aromatic nitrogens is 3. The number of nitrogens with two attached hydrogens (primary N) is 1. The molecule has 0 spiro atoms. The summed E-state index contributed by atoms with van der Waals surface area (Å²) in [7, 11) is 0. The summed E-state index contributed by atoms with van der Waals surface area (Å²) in [6.07, 6.45) is 3.44. The highest BCUT2D eigenvalue weighted by Gasteiger charge is 2.06. The van der Waals surface area contributed by atoms with Crippen LogP contribution in [0.1, 0.15) is 5.82 Å². The van der Waals surface area contributed by atoms with Gasteiger partial charge in [0.25, 0.3) is 0 Å². The summed E-state index contributed by atoms with van der Waals surface area (Å²) in [5.41, 5.74) is 6.53. The fourth-order valence-corrected chi connectivity index (χ4v) is 1.67. The third kappa shape index (κ3) is 1.50. The predicted octanol–water partition coefficient (Wildman–Crippen LogP) is 1.49. The highest BCUT2D eigenvalue weighted by atomic mass is 32.1. The van der Waals surface area contributed by atoms with Crippen LogP contribution in [0.4, 0.5) is 5.82 Å². The Morgan fingerprint density at radius 1 is 1.38 bits per heavy atom. The predicted molar refractivity (Wildman–Crippen MR) is 52.3 cm³/mol. The molecule has 0 saturated carbocycles. The molecule has 0 radical (unpaired) electrons. The minimum absolute atomic E-state index is 0.488. The van der Waals surface area contributed by atoms with Crippen molar-refractivity contribution in [3.8, 4) is 10.6 Å². The zero-order valence-corrected chi connectivity index (χ0v) is 7.88. The Morgan fingerprint density at radius 3 is 2.85 bits per heavy atom. The maximum absolute atomic E-state index is 5.73. The largest absolute Gasteiger partial charge is 0.383 e. The van der Waals surface area contributed by atoms with Gasteiger partial charge in [-0.1, -0.05) is 0 Å². The zero-order valence-electron chi connectivity index (χ0n) is 7.06. The first-order valence-corrected chi connectivity index (χ1v) is 4.64. The van der Waals surface area contributed by atoms with Crippen LogP contribution in [0.25, 0.3) is 10.6 Å². The molecule has 2 N–H and O–H groups in total. The summed E-state index contributed by atoms with van der Waals surface area (Å²) in [6.45, 7) is 1.81. The van der Waals surface area contributed by atoms with Crippen LogP contribution in [0.3, 0.4) is 0 Å². The number of nitrogen functional groups attached to an aromatic ring is 1. The first-order chi connectivity index (χ1) is 6.27. The van der Waals surface area contributed by atoms with E-state index in [4.69, 9.17) is 5.73 Å². The average Bonchev–Trinajstić information content (AvgIpc) is 2.56. The summed E-state index contributed by atoms with van der Waals surface area (Å²) in [5, 5.41) is 2.76. The zero-order chi connectivity index (χ0) is 9.26. The van der Waals surface area contributed by atoms with Gasteiger partial charge in [-0.25, -0.2) is 15.0 Å². The van der Waals surface area contributed by atoms with Gasteiger partial charge in [0.15, 0.2) is 0 Å². The minimum atomic E-state index is 0.488. The van der Waals surface area contributed by atoms with Gasteiger partial charge in [0.1, 0.15) is 16.6 Å². The molecule has 0 bridgehead atoms. The molecule has 0 amide bonds. The Morgan fingerprint density at radius 2 is 2.23 bits per heavy atom. The highest BCUT2D eigenvalue weighted by molar-refractivity contribution is 7.13. The number of aryl methyl sites for hydroxylation is 1. The van der Waals surface area contributed by atoms with Crippen molar-refractivity contribution in [3.05, 3.63) is 23.6 Å². The van der Waals surface area contributed by atoms with E-state index in [1.807, 2.05) is 12.3 Å². The molecule has 5 heteroatoms. The standard InChI is InChI=1S/C8H8N4S/c1-5-11-4-6(7(9)12-5)8-10-2-3-13-8/h2-4H,1H3,(H2,9,11,12). The van der Waals surface area contributed by atoms with Gasteiger partial charge >= 0.3 is 0 Å². The summed E-state index contributed by atoms with van der Waals surface area (Å²) < 4.78 is 0. The number of nitrogens with zero attached hydrogens (tertiary/aromatic N) is 3. The average molecular weight is 192 g/mol. The minimum Gasteiger partial charge on any atom is -0.383 e. The third-order valence-corrected chi connectivity index (χ3v) is 2.41. The Balaban J connectivity index is 2.53. The van der Waals surface area contributed by atoms with Crippen molar-refractivity contribution in [3.63, 3.8) is 0 Å². The molecule has 0 atom stereocenters. The third-order valence-electron chi connectivity index (χ3n) is 1.60. The quantitative estimate of drug-likeness (QED) is 0.743. The molecule has 0 aromatic carbocycles. The maximum Gasteiger partial charge on any atom is 0.137 e. The van der Waals surface area contributed by atoms with Crippen molar-refractivity contribution in [1.82, 2.24) is 15.0 Å². The lowest BCUT2D eigenvalue weighted by molar-refractivity contribution is 1.06. The van der Waals surface area contributed by atoms with Crippen LogP contribution in [0.5, 0.6) is 0 Å². The van der Waals surface area contributed by atoms with E-state index in [1.165, 1.54) is 11.3 Å². The second kappa shape index (κ2) is 3.10. The molecule has 4 nitrogen and oxygen atoms in total. The molecule has 0 aliphatic heterocycles. The van der Waals surface area contributed by atoms with Gasteiger partial charge in [-0.3, -0.25) is 0 Å². The van der Waals surface area contributed by atoms with Crippen molar-refractivity contribution >= 4 is 17.2 Å². The van der Waals surface area contributed by atoms with Crippen molar-refractivity contribution in [2.24, 2.45) is 0 Å². The Kier molecular flexibility index (Phi) is 1.94. The summed E-state index contributed by atoms with van der Waals surface area (Å²) in [4.78, 5) is 12.3. The first-order valence-electron chi connectivity index (χ1n) is 3.76. The molecule has 13 heavy (non-hydrogen) atoms. The van der Waals surface area contributed by atoms with E-state index in [1.54, 1.807) is 12.4 Å². The molecule has 2 rings (SSSR count).